The second kappa shape index (κ2) is 6.51. The van der Waals surface area contributed by atoms with Crippen molar-refractivity contribution in [1.82, 2.24) is 4.98 Å². The Morgan fingerprint density at radius 3 is 2.60 bits per heavy atom. The van der Waals surface area contributed by atoms with Crippen LogP contribution in [0.1, 0.15) is 13.3 Å². The molecule has 0 fully saturated rings. The van der Waals surface area contributed by atoms with Crippen molar-refractivity contribution in [2.45, 2.75) is 13.3 Å². The van der Waals surface area contributed by atoms with Crippen LogP contribution in [0, 0.1) is 10.1 Å². The first-order valence-corrected chi connectivity index (χ1v) is 6.42. The number of hydrogen-bond donors (Lipinski definition) is 2. The summed E-state index contributed by atoms with van der Waals surface area (Å²) < 4.78 is 0. The van der Waals surface area contributed by atoms with Crippen LogP contribution in [0.25, 0.3) is 0 Å². The average molecular weight is 272 g/mol. The lowest BCUT2D eigenvalue weighted by atomic mass is 10.3. The largest absolute Gasteiger partial charge is 0.370 e. The van der Waals surface area contributed by atoms with E-state index in [1.165, 1.54) is 6.07 Å². The number of nitro groups is 1. The highest BCUT2D eigenvalue weighted by atomic mass is 16.6. The van der Waals surface area contributed by atoms with Gasteiger partial charge in [-0.25, -0.2) is 4.98 Å². The van der Waals surface area contributed by atoms with Crippen molar-refractivity contribution in [3.63, 3.8) is 0 Å². The Kier molecular flexibility index (Phi) is 4.49. The van der Waals surface area contributed by atoms with Crippen LogP contribution in [0.3, 0.4) is 0 Å². The van der Waals surface area contributed by atoms with Crippen molar-refractivity contribution < 1.29 is 4.92 Å². The van der Waals surface area contributed by atoms with E-state index in [1.54, 1.807) is 6.07 Å². The van der Waals surface area contributed by atoms with Gasteiger partial charge in [0.25, 0.3) is 0 Å². The van der Waals surface area contributed by atoms with Crippen LogP contribution in [0.4, 0.5) is 23.0 Å². The summed E-state index contributed by atoms with van der Waals surface area (Å²) in [6, 6.07) is 12.3. The topological polar surface area (TPSA) is 80.1 Å². The molecule has 0 saturated carbocycles. The molecule has 0 bridgehead atoms. The molecule has 1 heterocycles. The maximum absolute atomic E-state index is 11.0. The molecule has 0 radical (unpaired) electrons. The molecule has 2 rings (SSSR count). The van der Waals surface area contributed by atoms with Gasteiger partial charge >= 0.3 is 5.69 Å². The van der Waals surface area contributed by atoms with Gasteiger partial charge in [0.1, 0.15) is 5.82 Å². The van der Waals surface area contributed by atoms with Crippen LogP contribution in [0.15, 0.2) is 42.5 Å². The van der Waals surface area contributed by atoms with E-state index in [1.807, 2.05) is 37.3 Å². The van der Waals surface area contributed by atoms with Crippen LogP contribution in [-0.2, 0) is 0 Å². The van der Waals surface area contributed by atoms with Crippen molar-refractivity contribution in [1.29, 1.82) is 0 Å². The first-order valence-electron chi connectivity index (χ1n) is 6.42. The number of nitrogens with zero attached hydrogens (tertiary/aromatic N) is 2. The van der Waals surface area contributed by atoms with E-state index in [2.05, 4.69) is 15.6 Å². The molecule has 6 nitrogen and oxygen atoms in total. The molecule has 0 amide bonds. The Labute approximate surface area is 117 Å². The van der Waals surface area contributed by atoms with Gasteiger partial charge in [-0.3, -0.25) is 10.1 Å². The molecule has 0 spiro atoms. The normalized spacial score (nSPS) is 10.1. The van der Waals surface area contributed by atoms with Crippen LogP contribution in [0.2, 0.25) is 0 Å². The molecule has 104 valence electrons. The first kappa shape index (κ1) is 13.8. The molecule has 1 aromatic heterocycles. The minimum atomic E-state index is -0.443. The van der Waals surface area contributed by atoms with Gasteiger partial charge in [-0.05, 0) is 24.6 Å². The molecule has 1 aromatic carbocycles. The molecule has 2 aromatic rings. The average Bonchev–Trinajstić information content (AvgIpc) is 2.46. The molecule has 2 N–H and O–H groups in total. The number of anilines is 3. The number of hydrogen-bond acceptors (Lipinski definition) is 5. The Morgan fingerprint density at radius 1 is 1.20 bits per heavy atom. The number of nitrogens with one attached hydrogen (secondary N) is 2. The van der Waals surface area contributed by atoms with Gasteiger partial charge in [-0.1, -0.05) is 25.1 Å². The lowest BCUT2D eigenvalue weighted by molar-refractivity contribution is -0.384. The fraction of sp³-hybridized carbons (Fsp3) is 0.214. The van der Waals surface area contributed by atoms with Gasteiger partial charge in [-0.2, -0.15) is 0 Å². The molecule has 6 heteroatoms. The predicted octanol–water partition coefficient (Wildman–Crippen LogP) is 3.56. The summed E-state index contributed by atoms with van der Waals surface area (Å²) in [6.45, 7) is 2.82. The van der Waals surface area contributed by atoms with Gasteiger partial charge in [0.2, 0.25) is 5.82 Å². The Morgan fingerprint density at radius 2 is 1.95 bits per heavy atom. The van der Waals surface area contributed by atoms with Gasteiger partial charge in [0.15, 0.2) is 0 Å². The summed E-state index contributed by atoms with van der Waals surface area (Å²) in [6.07, 6.45) is 0.958. The molecule has 0 saturated heterocycles. The standard InChI is InChI=1S/C14H16N4O2/c1-2-10-15-13-9-8-12(18(19)20)14(17-13)16-11-6-4-3-5-7-11/h3-9H,2,10H2,1H3,(H2,15,16,17). The van der Waals surface area contributed by atoms with E-state index in [0.717, 1.165) is 18.7 Å². The van der Waals surface area contributed by atoms with E-state index < -0.39 is 4.92 Å². The zero-order chi connectivity index (χ0) is 14.4. The Balaban J connectivity index is 2.29. The summed E-state index contributed by atoms with van der Waals surface area (Å²) in [4.78, 5) is 14.9. The zero-order valence-corrected chi connectivity index (χ0v) is 11.2. The highest BCUT2D eigenvalue weighted by Crippen LogP contribution is 2.27. The molecule has 0 aliphatic rings. The minimum absolute atomic E-state index is 0.0455. The van der Waals surface area contributed by atoms with Gasteiger partial charge < -0.3 is 10.6 Å². The molecular weight excluding hydrogens is 256 g/mol. The highest BCUT2D eigenvalue weighted by Gasteiger charge is 2.16. The third-order valence-electron chi connectivity index (χ3n) is 2.66. The van der Waals surface area contributed by atoms with Crippen molar-refractivity contribution in [3.05, 3.63) is 52.6 Å². The number of pyridine rings is 1. The monoisotopic (exact) mass is 272 g/mol. The molecule has 0 aliphatic heterocycles. The lowest BCUT2D eigenvalue weighted by Gasteiger charge is -2.09. The highest BCUT2D eigenvalue weighted by molar-refractivity contribution is 5.67. The molecule has 0 atom stereocenters. The third kappa shape index (κ3) is 3.44. The molecule has 20 heavy (non-hydrogen) atoms. The van der Waals surface area contributed by atoms with Crippen LogP contribution >= 0.6 is 0 Å². The Bertz CT molecular complexity index is 587. The van der Waals surface area contributed by atoms with E-state index in [4.69, 9.17) is 0 Å². The zero-order valence-electron chi connectivity index (χ0n) is 11.2. The smallest absolute Gasteiger partial charge is 0.311 e. The number of rotatable bonds is 6. The summed E-state index contributed by atoms with van der Waals surface area (Å²) in [5.41, 5.74) is 0.714. The van der Waals surface area contributed by atoms with Crippen LogP contribution < -0.4 is 10.6 Å². The second-order valence-electron chi connectivity index (χ2n) is 4.24. The van der Waals surface area contributed by atoms with E-state index in [0.29, 0.717) is 5.82 Å². The fourth-order valence-electron chi connectivity index (χ4n) is 1.70. The maximum atomic E-state index is 11.0. The third-order valence-corrected chi connectivity index (χ3v) is 2.66. The lowest BCUT2D eigenvalue weighted by Crippen LogP contribution is -2.05. The molecular formula is C14H16N4O2. The first-order chi connectivity index (χ1) is 9.70. The summed E-state index contributed by atoms with van der Waals surface area (Å²) >= 11 is 0. The molecule has 0 aliphatic carbocycles. The van der Waals surface area contributed by atoms with Crippen molar-refractivity contribution >= 4 is 23.0 Å². The van der Waals surface area contributed by atoms with Gasteiger partial charge in [0.05, 0.1) is 4.92 Å². The van der Waals surface area contributed by atoms with Crippen molar-refractivity contribution in [2.75, 3.05) is 17.2 Å². The van der Waals surface area contributed by atoms with Gasteiger partial charge in [-0.15, -0.1) is 0 Å². The fourth-order valence-corrected chi connectivity index (χ4v) is 1.70. The predicted molar refractivity (Wildman–Crippen MR) is 79.4 cm³/mol. The van der Waals surface area contributed by atoms with Crippen LogP contribution in [-0.4, -0.2) is 16.5 Å². The Hall–Kier alpha value is -2.63. The maximum Gasteiger partial charge on any atom is 0.311 e. The van der Waals surface area contributed by atoms with Crippen molar-refractivity contribution in [3.8, 4) is 0 Å². The quantitative estimate of drug-likeness (QED) is 0.621. The van der Waals surface area contributed by atoms with E-state index in [9.17, 15) is 10.1 Å². The van der Waals surface area contributed by atoms with Gasteiger partial charge in [0, 0.05) is 18.3 Å². The number of aromatic nitrogens is 1. The summed E-state index contributed by atoms with van der Waals surface area (Å²) in [7, 11) is 0. The number of para-hydroxylation sites is 1. The minimum Gasteiger partial charge on any atom is -0.370 e. The second-order valence-corrected chi connectivity index (χ2v) is 4.24. The van der Waals surface area contributed by atoms with Crippen LogP contribution in [0.5, 0.6) is 0 Å². The van der Waals surface area contributed by atoms with E-state index >= 15 is 0 Å². The number of benzene rings is 1. The summed E-state index contributed by atoms with van der Waals surface area (Å²) in [5, 5.41) is 17.1. The summed E-state index contributed by atoms with van der Waals surface area (Å²) in [5.74, 6) is 0.859. The SMILES string of the molecule is CCCNc1ccc([N+](=O)[O-])c(Nc2ccccc2)n1. The molecule has 0 unspecified atom stereocenters. The van der Waals surface area contributed by atoms with E-state index in [-0.39, 0.29) is 11.5 Å². The van der Waals surface area contributed by atoms with Crippen molar-refractivity contribution in [2.24, 2.45) is 0 Å².